The molecule has 0 spiro atoms. The number of carbonyl (C=O) groups is 1. The fraction of sp³-hybridized carbons (Fsp3) is 0.467. The standard InChI is InChI=1S/C15H18N4O3/c1-10-14(11(2)22-18-10)15(20)19-7-4-12(5-8-19)21-13-3-6-16-9-17-13/h3,6,9,12H,4-5,7-8H2,1-2H3. The van der Waals surface area contributed by atoms with Crippen LogP contribution in [-0.2, 0) is 0 Å². The third-order valence-electron chi connectivity index (χ3n) is 3.82. The normalized spacial score (nSPS) is 15.8. The van der Waals surface area contributed by atoms with Gasteiger partial charge in [-0.1, -0.05) is 5.16 Å². The van der Waals surface area contributed by atoms with Gasteiger partial charge in [-0.05, 0) is 13.8 Å². The molecule has 0 bridgehead atoms. The van der Waals surface area contributed by atoms with Crippen LogP contribution < -0.4 is 4.74 Å². The predicted molar refractivity (Wildman–Crippen MR) is 77.6 cm³/mol. The number of nitrogens with zero attached hydrogens (tertiary/aromatic N) is 4. The number of likely N-dealkylation sites (tertiary alicyclic amines) is 1. The summed E-state index contributed by atoms with van der Waals surface area (Å²) in [4.78, 5) is 22.3. The molecular weight excluding hydrogens is 284 g/mol. The maximum atomic E-state index is 12.5. The zero-order chi connectivity index (χ0) is 15.5. The summed E-state index contributed by atoms with van der Waals surface area (Å²) in [6.45, 7) is 4.85. The molecule has 2 aromatic heterocycles. The van der Waals surface area contributed by atoms with E-state index in [1.54, 1.807) is 26.1 Å². The summed E-state index contributed by atoms with van der Waals surface area (Å²) in [6.07, 6.45) is 4.74. The molecule has 0 saturated carbocycles. The molecule has 0 atom stereocenters. The molecule has 0 N–H and O–H groups in total. The number of amides is 1. The van der Waals surface area contributed by atoms with Crippen LogP contribution in [0, 0.1) is 13.8 Å². The summed E-state index contributed by atoms with van der Waals surface area (Å²) in [5.74, 6) is 1.13. The molecular formula is C15H18N4O3. The summed E-state index contributed by atoms with van der Waals surface area (Å²) >= 11 is 0. The topological polar surface area (TPSA) is 81.4 Å². The lowest BCUT2D eigenvalue weighted by atomic mass is 10.1. The van der Waals surface area contributed by atoms with Crippen LogP contribution >= 0.6 is 0 Å². The number of rotatable bonds is 3. The monoisotopic (exact) mass is 302 g/mol. The van der Waals surface area contributed by atoms with Crippen LogP contribution in [0.15, 0.2) is 23.1 Å². The summed E-state index contributed by atoms with van der Waals surface area (Å²) in [5, 5.41) is 3.84. The number of aromatic nitrogens is 3. The quantitative estimate of drug-likeness (QED) is 0.859. The van der Waals surface area contributed by atoms with Gasteiger partial charge in [0.05, 0.1) is 5.69 Å². The van der Waals surface area contributed by atoms with Crippen molar-refractivity contribution in [2.24, 2.45) is 0 Å². The van der Waals surface area contributed by atoms with E-state index in [1.165, 1.54) is 6.33 Å². The Morgan fingerprint density at radius 1 is 1.36 bits per heavy atom. The second-order valence-electron chi connectivity index (χ2n) is 5.36. The minimum absolute atomic E-state index is 0.0169. The molecule has 1 saturated heterocycles. The van der Waals surface area contributed by atoms with Gasteiger partial charge in [-0.3, -0.25) is 4.79 Å². The molecule has 3 heterocycles. The molecule has 1 fully saturated rings. The van der Waals surface area contributed by atoms with Gasteiger partial charge in [-0.25, -0.2) is 9.97 Å². The van der Waals surface area contributed by atoms with E-state index in [1.807, 2.05) is 4.90 Å². The van der Waals surface area contributed by atoms with Crippen molar-refractivity contribution in [2.75, 3.05) is 13.1 Å². The fourth-order valence-corrected chi connectivity index (χ4v) is 2.64. The molecule has 3 rings (SSSR count). The summed E-state index contributed by atoms with van der Waals surface area (Å²) in [6, 6.07) is 1.74. The van der Waals surface area contributed by atoms with Crippen molar-refractivity contribution in [3.8, 4) is 5.88 Å². The summed E-state index contributed by atoms with van der Waals surface area (Å²) in [5.41, 5.74) is 1.22. The predicted octanol–water partition coefficient (Wildman–Crippen LogP) is 1.77. The average Bonchev–Trinajstić information content (AvgIpc) is 2.87. The molecule has 116 valence electrons. The van der Waals surface area contributed by atoms with Crippen molar-refractivity contribution in [2.45, 2.75) is 32.8 Å². The van der Waals surface area contributed by atoms with E-state index in [4.69, 9.17) is 9.26 Å². The molecule has 1 aliphatic heterocycles. The number of aryl methyl sites for hydroxylation is 2. The summed E-state index contributed by atoms with van der Waals surface area (Å²) in [7, 11) is 0. The van der Waals surface area contributed by atoms with Gasteiger partial charge < -0.3 is 14.2 Å². The van der Waals surface area contributed by atoms with E-state index >= 15 is 0 Å². The third kappa shape index (κ3) is 2.93. The highest BCUT2D eigenvalue weighted by Crippen LogP contribution is 2.21. The number of carbonyl (C=O) groups excluding carboxylic acids is 1. The van der Waals surface area contributed by atoms with Crippen LogP contribution in [0.5, 0.6) is 5.88 Å². The highest BCUT2D eigenvalue weighted by molar-refractivity contribution is 5.96. The van der Waals surface area contributed by atoms with E-state index in [9.17, 15) is 4.79 Å². The van der Waals surface area contributed by atoms with Crippen molar-refractivity contribution in [3.05, 3.63) is 35.6 Å². The van der Waals surface area contributed by atoms with Gasteiger partial charge >= 0.3 is 0 Å². The van der Waals surface area contributed by atoms with Crippen LogP contribution in [0.2, 0.25) is 0 Å². The molecule has 0 radical (unpaired) electrons. The molecule has 0 unspecified atom stereocenters. The summed E-state index contributed by atoms with van der Waals surface area (Å²) < 4.78 is 10.9. The Hall–Kier alpha value is -2.44. The lowest BCUT2D eigenvalue weighted by molar-refractivity contribution is 0.0585. The molecule has 0 aromatic carbocycles. The second-order valence-corrected chi connectivity index (χ2v) is 5.36. The van der Waals surface area contributed by atoms with Crippen molar-refractivity contribution >= 4 is 5.91 Å². The first-order chi connectivity index (χ1) is 10.6. The maximum absolute atomic E-state index is 12.5. The van der Waals surface area contributed by atoms with Gasteiger partial charge in [0, 0.05) is 38.2 Å². The highest BCUT2D eigenvalue weighted by Gasteiger charge is 2.28. The molecule has 0 aliphatic carbocycles. The first kappa shape index (κ1) is 14.5. The van der Waals surface area contributed by atoms with Crippen molar-refractivity contribution in [3.63, 3.8) is 0 Å². The van der Waals surface area contributed by atoms with Gasteiger partial charge in [0.1, 0.15) is 23.8 Å². The molecule has 1 aliphatic rings. The van der Waals surface area contributed by atoms with Crippen LogP contribution in [0.25, 0.3) is 0 Å². The largest absolute Gasteiger partial charge is 0.474 e. The Labute approximate surface area is 128 Å². The average molecular weight is 302 g/mol. The molecule has 22 heavy (non-hydrogen) atoms. The van der Waals surface area contributed by atoms with Crippen LogP contribution in [0.4, 0.5) is 0 Å². The Morgan fingerprint density at radius 2 is 2.14 bits per heavy atom. The minimum atomic E-state index is -0.0169. The van der Waals surface area contributed by atoms with E-state index < -0.39 is 0 Å². The van der Waals surface area contributed by atoms with Gasteiger partial charge in [0.2, 0.25) is 5.88 Å². The first-order valence-corrected chi connectivity index (χ1v) is 7.30. The SMILES string of the molecule is Cc1noc(C)c1C(=O)N1CCC(Oc2ccncn2)CC1. The molecule has 1 amide bonds. The number of hydrogen-bond acceptors (Lipinski definition) is 6. The Kier molecular flexibility index (Phi) is 4.04. The minimum Gasteiger partial charge on any atom is -0.474 e. The smallest absolute Gasteiger partial charge is 0.259 e. The highest BCUT2D eigenvalue weighted by atomic mass is 16.5. The van der Waals surface area contributed by atoms with Crippen molar-refractivity contribution in [1.29, 1.82) is 0 Å². The zero-order valence-corrected chi connectivity index (χ0v) is 12.7. The maximum Gasteiger partial charge on any atom is 0.259 e. The fourth-order valence-electron chi connectivity index (χ4n) is 2.64. The third-order valence-corrected chi connectivity index (χ3v) is 3.82. The Balaban J connectivity index is 1.59. The Morgan fingerprint density at radius 3 is 2.73 bits per heavy atom. The van der Waals surface area contributed by atoms with E-state index in [2.05, 4.69) is 15.1 Å². The van der Waals surface area contributed by atoms with Crippen LogP contribution in [0.1, 0.15) is 34.7 Å². The van der Waals surface area contributed by atoms with Gasteiger partial charge in [-0.2, -0.15) is 0 Å². The van der Waals surface area contributed by atoms with Gasteiger partial charge in [-0.15, -0.1) is 0 Å². The molecule has 7 nitrogen and oxygen atoms in total. The number of ether oxygens (including phenoxy) is 1. The van der Waals surface area contributed by atoms with Crippen LogP contribution in [-0.4, -0.2) is 45.1 Å². The molecule has 7 heteroatoms. The number of piperidine rings is 1. The van der Waals surface area contributed by atoms with Crippen molar-refractivity contribution < 1.29 is 14.1 Å². The number of hydrogen-bond donors (Lipinski definition) is 0. The van der Waals surface area contributed by atoms with E-state index in [0.29, 0.717) is 36.0 Å². The lowest BCUT2D eigenvalue weighted by Crippen LogP contribution is -2.42. The molecule has 2 aromatic rings. The Bertz CT molecular complexity index is 629. The second kappa shape index (κ2) is 6.13. The van der Waals surface area contributed by atoms with Crippen LogP contribution in [0.3, 0.4) is 0 Å². The van der Waals surface area contributed by atoms with E-state index in [0.717, 1.165) is 12.8 Å². The van der Waals surface area contributed by atoms with E-state index in [-0.39, 0.29) is 12.0 Å². The zero-order valence-electron chi connectivity index (χ0n) is 12.7. The first-order valence-electron chi connectivity index (χ1n) is 7.30. The van der Waals surface area contributed by atoms with Gasteiger partial charge in [0.15, 0.2) is 0 Å². The lowest BCUT2D eigenvalue weighted by Gasteiger charge is -2.31. The van der Waals surface area contributed by atoms with Gasteiger partial charge in [0.25, 0.3) is 5.91 Å². The van der Waals surface area contributed by atoms with Crippen molar-refractivity contribution in [1.82, 2.24) is 20.0 Å².